The van der Waals surface area contributed by atoms with Crippen molar-refractivity contribution < 1.29 is 28.2 Å². The van der Waals surface area contributed by atoms with Crippen LogP contribution in [-0.2, 0) is 9.53 Å². The van der Waals surface area contributed by atoms with E-state index in [-0.39, 0.29) is 24.9 Å². The zero-order valence-corrected chi connectivity index (χ0v) is 11.9. The molecule has 1 rings (SSSR count). The Labute approximate surface area is 116 Å². The molecule has 116 valence electrons. The van der Waals surface area contributed by atoms with E-state index in [0.717, 1.165) is 0 Å². The van der Waals surface area contributed by atoms with Gasteiger partial charge in [0.05, 0.1) is 12.6 Å². The summed E-state index contributed by atoms with van der Waals surface area (Å²) < 4.78 is 30.7. The van der Waals surface area contributed by atoms with E-state index in [1.54, 1.807) is 0 Å². The molecule has 7 heteroatoms. The monoisotopic (exact) mass is 293 g/mol. The lowest BCUT2D eigenvalue weighted by atomic mass is 9.93. The normalized spacial score (nSPS) is 23.2. The highest BCUT2D eigenvalue weighted by Gasteiger charge is 2.45. The van der Waals surface area contributed by atoms with Crippen molar-refractivity contribution in [2.45, 2.75) is 58.5 Å². The van der Waals surface area contributed by atoms with Gasteiger partial charge in [-0.3, -0.25) is 4.90 Å². The van der Waals surface area contributed by atoms with Crippen LogP contribution >= 0.6 is 0 Å². The highest BCUT2D eigenvalue weighted by Crippen LogP contribution is 2.29. The Balaban J connectivity index is 2.67. The summed E-state index contributed by atoms with van der Waals surface area (Å²) in [7, 11) is 0. The zero-order chi connectivity index (χ0) is 15.5. The lowest BCUT2D eigenvalue weighted by Gasteiger charge is -2.27. The van der Waals surface area contributed by atoms with Crippen LogP contribution < -0.4 is 0 Å². The van der Waals surface area contributed by atoms with E-state index in [1.807, 2.05) is 20.8 Å². The predicted octanol–water partition coefficient (Wildman–Crippen LogP) is 2.74. The van der Waals surface area contributed by atoms with Gasteiger partial charge in [-0.2, -0.15) is 0 Å². The Morgan fingerprint density at radius 1 is 1.35 bits per heavy atom. The molecular formula is C13H21F2NO4. The molecular weight excluding hydrogens is 272 g/mol. The van der Waals surface area contributed by atoms with Crippen LogP contribution in [0.2, 0.25) is 0 Å². The standard InChI is InChI=1S/C13H21F2NO4/c1-13(2,3)6-7-20-12(19)16-8(10(14)15)4-5-9(16)11(17)18/h8-10H,4-7H2,1-3H3,(H,17,18). The molecule has 1 N–H and O–H groups in total. The summed E-state index contributed by atoms with van der Waals surface area (Å²) in [4.78, 5) is 23.6. The first-order valence-corrected chi connectivity index (χ1v) is 6.59. The van der Waals surface area contributed by atoms with Gasteiger partial charge in [-0.15, -0.1) is 0 Å². The lowest BCUT2D eigenvalue weighted by molar-refractivity contribution is -0.142. The average Bonchev–Trinajstić information content (AvgIpc) is 2.71. The van der Waals surface area contributed by atoms with Crippen LogP contribution in [0.5, 0.6) is 0 Å². The lowest BCUT2D eigenvalue weighted by Crippen LogP contribution is -2.47. The van der Waals surface area contributed by atoms with Gasteiger partial charge < -0.3 is 9.84 Å². The number of nitrogens with zero attached hydrogens (tertiary/aromatic N) is 1. The number of hydrogen-bond donors (Lipinski definition) is 1. The molecule has 1 amide bonds. The molecule has 1 aliphatic rings. The van der Waals surface area contributed by atoms with Gasteiger partial charge in [0.15, 0.2) is 0 Å². The molecule has 0 aliphatic carbocycles. The van der Waals surface area contributed by atoms with Gasteiger partial charge in [0.2, 0.25) is 0 Å². The van der Waals surface area contributed by atoms with Crippen LogP contribution in [0.15, 0.2) is 0 Å². The fourth-order valence-corrected chi connectivity index (χ4v) is 2.11. The van der Waals surface area contributed by atoms with Gasteiger partial charge >= 0.3 is 12.1 Å². The Morgan fingerprint density at radius 2 is 1.95 bits per heavy atom. The van der Waals surface area contributed by atoms with Crippen molar-refractivity contribution in [1.82, 2.24) is 4.90 Å². The molecule has 0 saturated carbocycles. The minimum absolute atomic E-state index is 0.0248. The first-order chi connectivity index (χ1) is 9.13. The van der Waals surface area contributed by atoms with Gasteiger partial charge in [-0.1, -0.05) is 20.8 Å². The maximum Gasteiger partial charge on any atom is 0.410 e. The third kappa shape index (κ3) is 4.31. The van der Waals surface area contributed by atoms with E-state index in [9.17, 15) is 18.4 Å². The number of ether oxygens (including phenoxy) is 1. The number of alkyl halides is 2. The number of carbonyl (C=O) groups excluding carboxylic acids is 1. The van der Waals surface area contributed by atoms with Crippen LogP contribution in [0.1, 0.15) is 40.0 Å². The summed E-state index contributed by atoms with van der Waals surface area (Å²) in [5.74, 6) is -1.28. The number of carboxylic acids is 1. The SMILES string of the molecule is CC(C)(C)CCOC(=O)N1C(C(=O)O)CCC1C(F)F. The quantitative estimate of drug-likeness (QED) is 0.865. The minimum Gasteiger partial charge on any atom is -0.480 e. The molecule has 1 aliphatic heterocycles. The second kappa shape index (κ2) is 6.37. The minimum atomic E-state index is -2.77. The molecule has 0 spiro atoms. The van der Waals surface area contributed by atoms with Gasteiger partial charge in [-0.25, -0.2) is 18.4 Å². The van der Waals surface area contributed by atoms with Crippen molar-refractivity contribution in [3.8, 4) is 0 Å². The van der Waals surface area contributed by atoms with Crippen molar-refractivity contribution in [3.63, 3.8) is 0 Å². The molecule has 0 aromatic heterocycles. The van der Waals surface area contributed by atoms with E-state index in [1.165, 1.54) is 0 Å². The molecule has 0 bridgehead atoms. The van der Waals surface area contributed by atoms with E-state index < -0.39 is 30.6 Å². The summed E-state index contributed by atoms with van der Waals surface area (Å²) in [5.41, 5.74) is -0.0559. The summed E-state index contributed by atoms with van der Waals surface area (Å²) in [5, 5.41) is 8.99. The maximum absolute atomic E-state index is 12.9. The second-order valence-electron chi connectivity index (χ2n) is 6.17. The predicted molar refractivity (Wildman–Crippen MR) is 67.7 cm³/mol. The highest BCUT2D eigenvalue weighted by molar-refractivity contribution is 5.81. The van der Waals surface area contributed by atoms with Crippen molar-refractivity contribution in [1.29, 1.82) is 0 Å². The summed E-state index contributed by atoms with van der Waals surface area (Å²) in [6.07, 6.45) is -3.16. The molecule has 0 radical (unpaired) electrons. The summed E-state index contributed by atoms with van der Waals surface area (Å²) in [6.45, 7) is 5.96. The number of rotatable bonds is 4. The molecule has 0 aromatic carbocycles. The highest BCUT2D eigenvalue weighted by atomic mass is 19.3. The van der Waals surface area contributed by atoms with Crippen LogP contribution in [-0.4, -0.2) is 47.2 Å². The topological polar surface area (TPSA) is 66.8 Å². The summed E-state index contributed by atoms with van der Waals surface area (Å²) >= 11 is 0. The molecule has 1 fully saturated rings. The van der Waals surface area contributed by atoms with Crippen molar-refractivity contribution >= 4 is 12.1 Å². The molecule has 1 saturated heterocycles. The fraction of sp³-hybridized carbons (Fsp3) is 0.846. The molecule has 1 heterocycles. The van der Waals surface area contributed by atoms with E-state index >= 15 is 0 Å². The number of carboxylic acid groups (broad SMARTS) is 1. The van der Waals surface area contributed by atoms with Crippen LogP contribution in [0.4, 0.5) is 13.6 Å². The smallest absolute Gasteiger partial charge is 0.410 e. The molecule has 2 atom stereocenters. The number of hydrogen-bond acceptors (Lipinski definition) is 3. The fourth-order valence-electron chi connectivity index (χ4n) is 2.11. The Kier molecular flexibility index (Phi) is 5.30. The van der Waals surface area contributed by atoms with Crippen LogP contribution in [0, 0.1) is 5.41 Å². The third-order valence-electron chi connectivity index (χ3n) is 3.29. The van der Waals surface area contributed by atoms with Gasteiger partial charge in [0.1, 0.15) is 6.04 Å². The van der Waals surface area contributed by atoms with E-state index in [4.69, 9.17) is 9.84 Å². The number of likely N-dealkylation sites (tertiary alicyclic amines) is 1. The average molecular weight is 293 g/mol. The van der Waals surface area contributed by atoms with Crippen LogP contribution in [0.25, 0.3) is 0 Å². The summed E-state index contributed by atoms with van der Waals surface area (Å²) in [6, 6.07) is -2.60. The molecule has 0 aromatic rings. The Bertz CT molecular complexity index is 368. The molecule has 20 heavy (non-hydrogen) atoms. The third-order valence-corrected chi connectivity index (χ3v) is 3.29. The van der Waals surface area contributed by atoms with Gasteiger partial charge in [0.25, 0.3) is 6.43 Å². The second-order valence-corrected chi connectivity index (χ2v) is 6.17. The zero-order valence-electron chi connectivity index (χ0n) is 11.9. The Hall–Kier alpha value is -1.40. The molecule has 2 unspecified atom stereocenters. The van der Waals surface area contributed by atoms with E-state index in [0.29, 0.717) is 11.3 Å². The first kappa shape index (κ1) is 16.7. The van der Waals surface area contributed by atoms with Crippen molar-refractivity contribution in [2.24, 2.45) is 5.41 Å². The van der Waals surface area contributed by atoms with Crippen molar-refractivity contribution in [2.75, 3.05) is 6.61 Å². The number of aliphatic carboxylic acids is 1. The van der Waals surface area contributed by atoms with Crippen LogP contribution in [0.3, 0.4) is 0 Å². The number of amides is 1. The van der Waals surface area contributed by atoms with Crippen molar-refractivity contribution in [3.05, 3.63) is 0 Å². The van der Waals surface area contributed by atoms with Gasteiger partial charge in [-0.05, 0) is 24.7 Å². The largest absolute Gasteiger partial charge is 0.480 e. The first-order valence-electron chi connectivity index (χ1n) is 6.59. The van der Waals surface area contributed by atoms with Gasteiger partial charge in [0, 0.05) is 0 Å². The number of carbonyl (C=O) groups is 2. The number of halogens is 2. The van der Waals surface area contributed by atoms with E-state index in [2.05, 4.69) is 0 Å². The molecule has 5 nitrogen and oxygen atoms in total. The Morgan fingerprint density at radius 3 is 2.40 bits per heavy atom. The maximum atomic E-state index is 12.9.